The van der Waals surface area contributed by atoms with Gasteiger partial charge in [0.1, 0.15) is 6.33 Å². The molecular weight excluding hydrogens is 226 g/mol. The van der Waals surface area contributed by atoms with Crippen LogP contribution in [0, 0.1) is 0 Å². The summed E-state index contributed by atoms with van der Waals surface area (Å²) < 4.78 is 6.97. The van der Waals surface area contributed by atoms with Gasteiger partial charge in [-0.1, -0.05) is 23.7 Å². The Hall–Kier alpha value is -1.39. The van der Waals surface area contributed by atoms with Crippen molar-refractivity contribution in [3.63, 3.8) is 0 Å². The average Bonchev–Trinajstić information content (AvgIpc) is 2.74. The maximum atomic E-state index is 5.94. The summed E-state index contributed by atoms with van der Waals surface area (Å²) in [6.45, 7) is 1.36. The van der Waals surface area contributed by atoms with Crippen LogP contribution in [-0.4, -0.2) is 28.5 Å². The Morgan fingerprint density at radius 2 is 2.31 bits per heavy atom. The van der Waals surface area contributed by atoms with E-state index < -0.39 is 0 Å². The van der Waals surface area contributed by atoms with Gasteiger partial charge in [0.2, 0.25) is 0 Å². The molecule has 0 bridgehead atoms. The lowest BCUT2D eigenvalue weighted by Gasteiger charge is -2.05. The Morgan fingerprint density at radius 3 is 3.06 bits per heavy atom. The molecule has 0 unspecified atom stereocenters. The minimum absolute atomic E-state index is 0.631. The standard InChI is InChI=1S/C11H12ClN3O/c1-16-6-5-15-8-13-14-11(15)9-3-2-4-10(12)7-9/h2-4,7-8H,5-6H2,1H3. The van der Waals surface area contributed by atoms with Crippen LogP contribution in [0.3, 0.4) is 0 Å². The van der Waals surface area contributed by atoms with Crippen LogP contribution in [-0.2, 0) is 11.3 Å². The number of rotatable bonds is 4. The van der Waals surface area contributed by atoms with E-state index >= 15 is 0 Å². The molecule has 84 valence electrons. The Labute approximate surface area is 98.8 Å². The van der Waals surface area contributed by atoms with Crippen LogP contribution in [0.2, 0.25) is 5.02 Å². The highest BCUT2D eigenvalue weighted by Crippen LogP contribution is 2.20. The van der Waals surface area contributed by atoms with Crippen LogP contribution in [0.1, 0.15) is 0 Å². The normalized spacial score (nSPS) is 10.6. The molecular formula is C11H12ClN3O. The summed E-state index contributed by atoms with van der Waals surface area (Å²) in [5.74, 6) is 0.805. The van der Waals surface area contributed by atoms with Gasteiger partial charge in [-0.3, -0.25) is 0 Å². The van der Waals surface area contributed by atoms with Gasteiger partial charge in [0.15, 0.2) is 5.82 Å². The van der Waals surface area contributed by atoms with Gasteiger partial charge in [0.25, 0.3) is 0 Å². The molecule has 0 aliphatic carbocycles. The van der Waals surface area contributed by atoms with Crippen LogP contribution in [0.4, 0.5) is 0 Å². The lowest BCUT2D eigenvalue weighted by atomic mass is 10.2. The first-order chi connectivity index (χ1) is 7.81. The van der Waals surface area contributed by atoms with E-state index in [0.717, 1.165) is 17.9 Å². The first-order valence-electron chi connectivity index (χ1n) is 4.94. The first-order valence-corrected chi connectivity index (χ1v) is 5.32. The third-order valence-electron chi connectivity index (χ3n) is 2.23. The van der Waals surface area contributed by atoms with E-state index in [4.69, 9.17) is 16.3 Å². The second-order valence-electron chi connectivity index (χ2n) is 3.35. The summed E-state index contributed by atoms with van der Waals surface area (Å²) in [6.07, 6.45) is 1.69. The second kappa shape index (κ2) is 5.09. The zero-order valence-corrected chi connectivity index (χ0v) is 9.68. The fourth-order valence-corrected chi connectivity index (χ4v) is 1.65. The quantitative estimate of drug-likeness (QED) is 0.819. The lowest BCUT2D eigenvalue weighted by molar-refractivity contribution is 0.187. The van der Waals surface area contributed by atoms with Crippen molar-refractivity contribution in [1.29, 1.82) is 0 Å². The van der Waals surface area contributed by atoms with Gasteiger partial charge in [-0.2, -0.15) is 0 Å². The van der Waals surface area contributed by atoms with Crippen molar-refractivity contribution in [3.8, 4) is 11.4 Å². The van der Waals surface area contributed by atoms with Crippen LogP contribution in [0.25, 0.3) is 11.4 Å². The SMILES string of the molecule is COCCn1cnnc1-c1cccc(Cl)c1. The minimum atomic E-state index is 0.631. The summed E-state index contributed by atoms with van der Waals surface area (Å²) in [4.78, 5) is 0. The molecule has 2 rings (SSSR count). The highest BCUT2D eigenvalue weighted by Gasteiger charge is 2.06. The number of aromatic nitrogens is 3. The van der Waals surface area contributed by atoms with Crippen LogP contribution in [0.5, 0.6) is 0 Å². The predicted molar refractivity (Wildman–Crippen MR) is 62.3 cm³/mol. The largest absolute Gasteiger partial charge is 0.383 e. The molecule has 1 aromatic carbocycles. The van der Waals surface area contributed by atoms with Crippen molar-refractivity contribution in [2.24, 2.45) is 0 Å². The number of hydrogen-bond acceptors (Lipinski definition) is 3. The fraction of sp³-hybridized carbons (Fsp3) is 0.273. The van der Waals surface area contributed by atoms with Gasteiger partial charge in [-0.25, -0.2) is 0 Å². The molecule has 1 heterocycles. The molecule has 0 aliphatic heterocycles. The van der Waals surface area contributed by atoms with Crippen molar-refractivity contribution in [1.82, 2.24) is 14.8 Å². The van der Waals surface area contributed by atoms with Crippen molar-refractivity contribution in [2.45, 2.75) is 6.54 Å². The number of methoxy groups -OCH3 is 1. The van der Waals surface area contributed by atoms with E-state index in [2.05, 4.69) is 10.2 Å². The van der Waals surface area contributed by atoms with Crippen molar-refractivity contribution in [2.75, 3.05) is 13.7 Å². The van der Waals surface area contributed by atoms with Crippen molar-refractivity contribution < 1.29 is 4.74 Å². The summed E-state index contributed by atoms with van der Waals surface area (Å²) in [6, 6.07) is 7.56. The summed E-state index contributed by atoms with van der Waals surface area (Å²) in [7, 11) is 1.67. The molecule has 16 heavy (non-hydrogen) atoms. The molecule has 0 fully saturated rings. The van der Waals surface area contributed by atoms with Gasteiger partial charge in [-0.05, 0) is 12.1 Å². The van der Waals surface area contributed by atoms with Gasteiger partial charge < -0.3 is 9.30 Å². The Kier molecular flexibility index (Phi) is 3.54. The predicted octanol–water partition coefficient (Wildman–Crippen LogP) is 2.24. The van der Waals surface area contributed by atoms with Crippen molar-refractivity contribution >= 4 is 11.6 Å². The maximum absolute atomic E-state index is 5.94. The second-order valence-corrected chi connectivity index (χ2v) is 3.79. The van der Waals surface area contributed by atoms with E-state index in [1.807, 2.05) is 28.8 Å². The Bertz CT molecular complexity index is 470. The van der Waals surface area contributed by atoms with Crippen LogP contribution >= 0.6 is 11.6 Å². The van der Waals surface area contributed by atoms with Crippen molar-refractivity contribution in [3.05, 3.63) is 35.6 Å². The Morgan fingerprint density at radius 1 is 1.44 bits per heavy atom. The number of hydrogen-bond donors (Lipinski definition) is 0. The smallest absolute Gasteiger partial charge is 0.163 e. The summed E-state index contributed by atoms with van der Waals surface area (Å²) in [5, 5.41) is 8.67. The van der Waals surface area contributed by atoms with Gasteiger partial charge in [0.05, 0.1) is 6.61 Å². The zero-order valence-electron chi connectivity index (χ0n) is 8.93. The lowest BCUT2D eigenvalue weighted by Crippen LogP contribution is -2.04. The van der Waals surface area contributed by atoms with E-state index in [1.54, 1.807) is 13.4 Å². The molecule has 0 aliphatic rings. The highest BCUT2D eigenvalue weighted by atomic mass is 35.5. The molecule has 0 saturated heterocycles. The van der Waals surface area contributed by atoms with E-state index in [-0.39, 0.29) is 0 Å². The molecule has 0 radical (unpaired) electrons. The topological polar surface area (TPSA) is 39.9 Å². The minimum Gasteiger partial charge on any atom is -0.383 e. The summed E-state index contributed by atoms with van der Waals surface area (Å²) in [5.41, 5.74) is 0.959. The molecule has 0 saturated carbocycles. The first kappa shape index (κ1) is 11.1. The van der Waals surface area contributed by atoms with Gasteiger partial charge in [0, 0.05) is 24.2 Å². The van der Waals surface area contributed by atoms with Gasteiger partial charge >= 0.3 is 0 Å². The number of nitrogens with zero attached hydrogens (tertiary/aromatic N) is 3. The van der Waals surface area contributed by atoms with Crippen LogP contribution < -0.4 is 0 Å². The van der Waals surface area contributed by atoms with E-state index in [9.17, 15) is 0 Å². The zero-order chi connectivity index (χ0) is 11.4. The number of ether oxygens (including phenoxy) is 1. The Balaban J connectivity index is 2.29. The molecule has 0 spiro atoms. The maximum Gasteiger partial charge on any atom is 0.163 e. The molecule has 2 aromatic rings. The highest BCUT2D eigenvalue weighted by molar-refractivity contribution is 6.30. The molecule has 5 heteroatoms. The molecule has 0 amide bonds. The van der Waals surface area contributed by atoms with E-state index in [0.29, 0.717) is 11.6 Å². The van der Waals surface area contributed by atoms with Crippen LogP contribution in [0.15, 0.2) is 30.6 Å². The molecule has 0 N–H and O–H groups in total. The third-order valence-corrected chi connectivity index (χ3v) is 2.47. The van der Waals surface area contributed by atoms with E-state index in [1.165, 1.54) is 0 Å². The molecule has 0 atom stereocenters. The monoisotopic (exact) mass is 237 g/mol. The number of benzene rings is 1. The average molecular weight is 238 g/mol. The number of halogens is 1. The summed E-state index contributed by atoms with van der Waals surface area (Å²) >= 11 is 5.94. The fourth-order valence-electron chi connectivity index (χ4n) is 1.46. The van der Waals surface area contributed by atoms with Gasteiger partial charge in [-0.15, -0.1) is 10.2 Å². The molecule has 1 aromatic heterocycles. The molecule has 4 nitrogen and oxygen atoms in total. The third kappa shape index (κ3) is 2.40.